The van der Waals surface area contributed by atoms with Crippen molar-refractivity contribution in [3.63, 3.8) is 0 Å². The number of nitrogens with two attached hydrogens (primary N) is 1. The SMILES string of the molecule is NNC(=O)/C=C/c1ccc(OCc2cccc3ccccc23)c(Br)c1. The summed E-state index contributed by atoms with van der Waals surface area (Å²) < 4.78 is 6.78. The third-order valence-electron chi connectivity index (χ3n) is 3.79. The van der Waals surface area contributed by atoms with Gasteiger partial charge in [-0.15, -0.1) is 0 Å². The number of carbonyl (C=O) groups is 1. The van der Waals surface area contributed by atoms with E-state index in [0.717, 1.165) is 21.3 Å². The lowest BCUT2D eigenvalue weighted by Gasteiger charge is -2.11. The second-order valence-corrected chi connectivity index (χ2v) is 6.31. The van der Waals surface area contributed by atoms with Crippen LogP contribution in [0.1, 0.15) is 11.1 Å². The van der Waals surface area contributed by atoms with Crippen molar-refractivity contribution in [2.24, 2.45) is 5.84 Å². The lowest BCUT2D eigenvalue weighted by molar-refractivity contribution is -0.116. The smallest absolute Gasteiger partial charge is 0.257 e. The van der Waals surface area contributed by atoms with Gasteiger partial charge >= 0.3 is 0 Å². The Morgan fingerprint density at radius 2 is 1.92 bits per heavy atom. The second kappa shape index (κ2) is 7.96. The molecule has 0 aliphatic heterocycles. The van der Waals surface area contributed by atoms with Crippen LogP contribution in [0.15, 0.2) is 71.2 Å². The predicted octanol–water partition coefficient (Wildman–Crippen LogP) is 4.18. The summed E-state index contributed by atoms with van der Waals surface area (Å²) >= 11 is 3.51. The highest BCUT2D eigenvalue weighted by atomic mass is 79.9. The van der Waals surface area contributed by atoms with E-state index in [9.17, 15) is 4.79 Å². The molecule has 0 bridgehead atoms. The largest absolute Gasteiger partial charge is 0.488 e. The van der Waals surface area contributed by atoms with Gasteiger partial charge in [0.25, 0.3) is 5.91 Å². The van der Waals surface area contributed by atoms with Crippen LogP contribution >= 0.6 is 15.9 Å². The molecule has 0 atom stereocenters. The molecule has 0 radical (unpaired) electrons. The molecule has 3 aromatic rings. The van der Waals surface area contributed by atoms with Crippen LogP contribution in [0.25, 0.3) is 16.8 Å². The van der Waals surface area contributed by atoms with Crippen LogP contribution in [0.3, 0.4) is 0 Å². The molecule has 3 N–H and O–H groups in total. The van der Waals surface area contributed by atoms with Crippen LogP contribution in [0.4, 0.5) is 0 Å². The van der Waals surface area contributed by atoms with Gasteiger partial charge in [0, 0.05) is 6.08 Å². The van der Waals surface area contributed by atoms with Crippen molar-refractivity contribution >= 4 is 38.7 Å². The van der Waals surface area contributed by atoms with Gasteiger partial charge < -0.3 is 4.74 Å². The van der Waals surface area contributed by atoms with Crippen LogP contribution in [0.5, 0.6) is 5.75 Å². The van der Waals surface area contributed by atoms with E-state index in [2.05, 4.69) is 45.6 Å². The number of rotatable bonds is 5. The van der Waals surface area contributed by atoms with E-state index in [1.165, 1.54) is 16.8 Å². The Kier molecular flexibility index (Phi) is 5.48. The number of nitrogens with one attached hydrogen (secondary N) is 1. The Hall–Kier alpha value is -2.63. The molecule has 0 spiro atoms. The summed E-state index contributed by atoms with van der Waals surface area (Å²) in [4.78, 5) is 11.1. The molecule has 25 heavy (non-hydrogen) atoms. The number of carbonyl (C=O) groups excluding carboxylic acids is 1. The molecular weight excluding hydrogens is 380 g/mol. The maximum Gasteiger partial charge on any atom is 0.257 e. The number of ether oxygens (including phenoxy) is 1. The van der Waals surface area contributed by atoms with Gasteiger partial charge in [0.2, 0.25) is 0 Å². The minimum Gasteiger partial charge on any atom is -0.488 e. The molecule has 0 saturated heterocycles. The zero-order valence-corrected chi connectivity index (χ0v) is 15.0. The Balaban J connectivity index is 1.75. The first kappa shape index (κ1) is 17.2. The lowest BCUT2D eigenvalue weighted by Crippen LogP contribution is -2.27. The second-order valence-electron chi connectivity index (χ2n) is 5.46. The molecular formula is C20H17BrN2O2. The van der Waals surface area contributed by atoms with E-state index in [1.807, 2.05) is 36.4 Å². The summed E-state index contributed by atoms with van der Waals surface area (Å²) in [5.41, 5.74) is 4.05. The number of hydrogen-bond acceptors (Lipinski definition) is 3. The molecule has 3 aromatic carbocycles. The van der Waals surface area contributed by atoms with Gasteiger partial charge in [-0.3, -0.25) is 10.2 Å². The fourth-order valence-electron chi connectivity index (χ4n) is 2.53. The number of halogens is 1. The standard InChI is InChI=1S/C20H17BrN2O2/c21-18-12-14(9-11-20(24)23-22)8-10-19(18)25-13-16-6-3-5-15-4-1-2-7-17(15)16/h1-12H,13,22H2,(H,23,24)/b11-9+. The molecule has 4 nitrogen and oxygen atoms in total. The maximum absolute atomic E-state index is 11.1. The van der Waals surface area contributed by atoms with Gasteiger partial charge in [0.15, 0.2) is 0 Å². The predicted molar refractivity (Wildman–Crippen MR) is 104 cm³/mol. The van der Waals surface area contributed by atoms with E-state index < -0.39 is 0 Å². The van der Waals surface area contributed by atoms with Crippen LogP contribution in [-0.2, 0) is 11.4 Å². The minimum atomic E-state index is -0.354. The molecule has 0 heterocycles. The van der Waals surface area contributed by atoms with Gasteiger partial charge in [-0.2, -0.15) is 0 Å². The third kappa shape index (κ3) is 4.26. The van der Waals surface area contributed by atoms with E-state index in [0.29, 0.717) is 6.61 Å². The van der Waals surface area contributed by atoms with Crippen LogP contribution < -0.4 is 16.0 Å². The molecule has 0 saturated carbocycles. The highest BCUT2D eigenvalue weighted by Gasteiger charge is 2.05. The Morgan fingerprint density at radius 3 is 2.72 bits per heavy atom. The van der Waals surface area contributed by atoms with Crippen molar-refractivity contribution in [3.8, 4) is 5.75 Å². The van der Waals surface area contributed by atoms with E-state index in [4.69, 9.17) is 10.6 Å². The van der Waals surface area contributed by atoms with Gasteiger partial charge in [-0.05, 0) is 56.0 Å². The van der Waals surface area contributed by atoms with Crippen LogP contribution in [-0.4, -0.2) is 5.91 Å². The zero-order chi connectivity index (χ0) is 17.6. The van der Waals surface area contributed by atoms with Crippen molar-refractivity contribution in [1.29, 1.82) is 0 Å². The molecule has 0 fully saturated rings. The molecule has 1 amide bonds. The molecule has 0 aromatic heterocycles. The molecule has 0 unspecified atom stereocenters. The number of hydrazine groups is 1. The van der Waals surface area contributed by atoms with Crippen molar-refractivity contribution in [1.82, 2.24) is 5.43 Å². The van der Waals surface area contributed by atoms with Crippen molar-refractivity contribution in [2.75, 3.05) is 0 Å². The number of hydrogen-bond donors (Lipinski definition) is 2. The average molecular weight is 397 g/mol. The molecule has 0 aliphatic carbocycles. The quantitative estimate of drug-likeness (QED) is 0.294. The zero-order valence-electron chi connectivity index (χ0n) is 13.4. The summed E-state index contributed by atoms with van der Waals surface area (Å²) in [7, 11) is 0. The van der Waals surface area contributed by atoms with Gasteiger partial charge in [0.05, 0.1) is 4.47 Å². The van der Waals surface area contributed by atoms with E-state index >= 15 is 0 Å². The Morgan fingerprint density at radius 1 is 1.12 bits per heavy atom. The molecule has 5 heteroatoms. The number of fused-ring (bicyclic) bond motifs is 1. The van der Waals surface area contributed by atoms with Crippen molar-refractivity contribution in [2.45, 2.75) is 6.61 Å². The highest BCUT2D eigenvalue weighted by Crippen LogP contribution is 2.28. The summed E-state index contributed by atoms with van der Waals surface area (Å²) in [5.74, 6) is 5.43. The first-order chi connectivity index (χ1) is 12.2. The minimum absolute atomic E-state index is 0.354. The fourth-order valence-corrected chi connectivity index (χ4v) is 3.04. The molecule has 0 aliphatic rings. The number of benzene rings is 3. The van der Waals surface area contributed by atoms with Crippen LogP contribution in [0, 0.1) is 0 Å². The lowest BCUT2D eigenvalue weighted by atomic mass is 10.1. The monoisotopic (exact) mass is 396 g/mol. The topological polar surface area (TPSA) is 64.3 Å². The highest BCUT2D eigenvalue weighted by molar-refractivity contribution is 9.10. The third-order valence-corrected chi connectivity index (χ3v) is 4.41. The van der Waals surface area contributed by atoms with Crippen LogP contribution in [0.2, 0.25) is 0 Å². The first-order valence-corrected chi connectivity index (χ1v) is 8.54. The molecule has 3 rings (SSSR count). The summed E-state index contributed by atoms with van der Waals surface area (Å²) in [5, 5.41) is 2.38. The summed E-state index contributed by atoms with van der Waals surface area (Å²) in [6, 6.07) is 20.1. The van der Waals surface area contributed by atoms with E-state index in [1.54, 1.807) is 6.08 Å². The summed E-state index contributed by atoms with van der Waals surface area (Å²) in [6.45, 7) is 0.477. The van der Waals surface area contributed by atoms with Crippen molar-refractivity contribution in [3.05, 3.63) is 82.3 Å². The van der Waals surface area contributed by atoms with Gasteiger partial charge in [-0.25, -0.2) is 5.84 Å². The number of amides is 1. The maximum atomic E-state index is 11.1. The molecule has 126 valence electrons. The van der Waals surface area contributed by atoms with Crippen molar-refractivity contribution < 1.29 is 9.53 Å². The van der Waals surface area contributed by atoms with Gasteiger partial charge in [0.1, 0.15) is 12.4 Å². The van der Waals surface area contributed by atoms with Gasteiger partial charge in [-0.1, -0.05) is 48.5 Å². The summed E-state index contributed by atoms with van der Waals surface area (Å²) in [6.07, 6.45) is 3.06. The normalized spacial score (nSPS) is 11.0. The average Bonchev–Trinajstić information content (AvgIpc) is 2.65. The first-order valence-electron chi connectivity index (χ1n) is 7.75. The Labute approximate surface area is 154 Å². The van der Waals surface area contributed by atoms with E-state index in [-0.39, 0.29) is 5.91 Å². The fraction of sp³-hybridized carbons (Fsp3) is 0.0500. The Bertz CT molecular complexity index is 933.